The van der Waals surface area contributed by atoms with Gasteiger partial charge in [-0.05, 0) is 29.8 Å². The summed E-state index contributed by atoms with van der Waals surface area (Å²) in [6.07, 6.45) is 1.78. The van der Waals surface area contributed by atoms with Gasteiger partial charge in [0.1, 0.15) is 11.7 Å². The minimum atomic E-state index is -0.736. The molecule has 3 aromatic rings. The largest absolute Gasteiger partial charge is 0.347 e. The molecule has 2 aromatic carbocycles. The smallest absolute Gasteiger partial charge is 0.282 e. The number of benzene rings is 2. The number of carbonyl (C=O) groups excluding carboxylic acids is 2. The van der Waals surface area contributed by atoms with Crippen LogP contribution in [-0.4, -0.2) is 16.4 Å². The average molecular weight is 348 g/mol. The number of hydrazine groups is 1. The summed E-state index contributed by atoms with van der Waals surface area (Å²) in [6, 6.07) is 21.2. The second kappa shape index (κ2) is 8.13. The molecular weight excluding hydrogens is 328 g/mol. The highest BCUT2D eigenvalue weighted by Gasteiger charge is 2.21. The van der Waals surface area contributed by atoms with Gasteiger partial charge in [-0.25, -0.2) is 5.43 Å². The first-order valence-electron chi connectivity index (χ1n) is 8.23. The van der Waals surface area contributed by atoms with Gasteiger partial charge in [0.15, 0.2) is 0 Å². The highest BCUT2D eigenvalue weighted by Crippen LogP contribution is 2.15. The average Bonchev–Trinajstić information content (AvgIpc) is 3.09. The van der Waals surface area contributed by atoms with E-state index in [4.69, 9.17) is 0 Å². The molecule has 0 unspecified atom stereocenters. The third-order valence-electron chi connectivity index (χ3n) is 3.94. The zero-order chi connectivity index (χ0) is 18.4. The van der Waals surface area contributed by atoms with Crippen LogP contribution in [0.3, 0.4) is 0 Å². The molecule has 0 fully saturated rings. The van der Waals surface area contributed by atoms with Crippen LogP contribution in [0.4, 0.5) is 5.69 Å². The number of nitrogens with one attached hydrogen (secondary N) is 3. The molecule has 6 nitrogen and oxygen atoms in total. The zero-order valence-electron chi connectivity index (χ0n) is 14.3. The Kier molecular flexibility index (Phi) is 5.46. The molecule has 0 aliphatic heterocycles. The fourth-order valence-corrected chi connectivity index (χ4v) is 2.58. The predicted octanol–water partition coefficient (Wildman–Crippen LogP) is 2.64. The second-order valence-corrected chi connectivity index (χ2v) is 5.80. The van der Waals surface area contributed by atoms with Gasteiger partial charge in [0, 0.05) is 18.9 Å². The van der Waals surface area contributed by atoms with Gasteiger partial charge in [-0.15, -0.1) is 0 Å². The second-order valence-electron chi connectivity index (χ2n) is 5.80. The lowest BCUT2D eigenvalue weighted by Gasteiger charge is -2.19. The fourth-order valence-electron chi connectivity index (χ4n) is 2.58. The van der Waals surface area contributed by atoms with E-state index in [-0.39, 0.29) is 11.8 Å². The van der Waals surface area contributed by atoms with Gasteiger partial charge >= 0.3 is 0 Å². The van der Waals surface area contributed by atoms with Gasteiger partial charge < -0.3 is 9.88 Å². The molecule has 1 heterocycles. The van der Waals surface area contributed by atoms with Crippen molar-refractivity contribution >= 4 is 17.5 Å². The number of aryl methyl sites for hydroxylation is 1. The molecule has 3 N–H and O–H groups in total. The van der Waals surface area contributed by atoms with Crippen LogP contribution in [0.15, 0.2) is 79.0 Å². The lowest BCUT2D eigenvalue weighted by molar-refractivity contribution is -0.118. The van der Waals surface area contributed by atoms with Gasteiger partial charge in [0.05, 0.1) is 0 Å². The molecule has 6 heteroatoms. The number of hydrogen-bond acceptors (Lipinski definition) is 3. The predicted molar refractivity (Wildman–Crippen MR) is 100 cm³/mol. The Morgan fingerprint density at radius 3 is 2.15 bits per heavy atom. The number of hydrogen-bond donors (Lipinski definition) is 3. The first kappa shape index (κ1) is 17.4. The van der Waals surface area contributed by atoms with Crippen LogP contribution in [0.25, 0.3) is 0 Å². The Morgan fingerprint density at radius 2 is 1.54 bits per heavy atom. The molecule has 0 aliphatic rings. The molecule has 132 valence electrons. The first-order valence-corrected chi connectivity index (χ1v) is 8.23. The van der Waals surface area contributed by atoms with Crippen molar-refractivity contribution in [3.05, 3.63) is 90.3 Å². The number of rotatable bonds is 6. The number of amides is 2. The van der Waals surface area contributed by atoms with Crippen LogP contribution in [0.1, 0.15) is 22.1 Å². The van der Waals surface area contributed by atoms with Crippen LogP contribution in [0.2, 0.25) is 0 Å². The summed E-state index contributed by atoms with van der Waals surface area (Å²) in [5, 5.41) is 2.85. The Morgan fingerprint density at radius 1 is 0.885 bits per heavy atom. The number of para-hydroxylation sites is 1. The molecule has 1 aromatic heterocycles. The third kappa shape index (κ3) is 4.17. The lowest BCUT2D eigenvalue weighted by Crippen LogP contribution is -2.45. The van der Waals surface area contributed by atoms with Gasteiger partial charge in [0.25, 0.3) is 5.91 Å². The summed E-state index contributed by atoms with van der Waals surface area (Å²) in [6.45, 7) is 0. The molecule has 0 saturated carbocycles. The van der Waals surface area contributed by atoms with Crippen molar-refractivity contribution in [2.24, 2.45) is 7.05 Å². The van der Waals surface area contributed by atoms with Crippen molar-refractivity contribution in [1.29, 1.82) is 0 Å². The molecule has 3 rings (SSSR count). The van der Waals surface area contributed by atoms with E-state index in [0.29, 0.717) is 11.4 Å². The van der Waals surface area contributed by atoms with Crippen molar-refractivity contribution in [2.75, 3.05) is 5.32 Å². The number of carbonyl (C=O) groups is 2. The van der Waals surface area contributed by atoms with E-state index in [1.807, 2.05) is 60.7 Å². The maximum atomic E-state index is 12.7. The monoisotopic (exact) mass is 348 g/mol. The van der Waals surface area contributed by atoms with Gasteiger partial charge in [-0.3, -0.25) is 15.0 Å². The van der Waals surface area contributed by atoms with Crippen molar-refractivity contribution < 1.29 is 9.59 Å². The minimum absolute atomic E-state index is 0.269. The maximum Gasteiger partial charge on any atom is 0.282 e. The molecule has 0 spiro atoms. The van der Waals surface area contributed by atoms with Crippen molar-refractivity contribution in [3.63, 3.8) is 0 Å². The quantitative estimate of drug-likeness (QED) is 0.600. The molecule has 0 bridgehead atoms. The normalized spacial score (nSPS) is 11.6. The minimum Gasteiger partial charge on any atom is -0.347 e. The molecule has 0 saturated heterocycles. The summed E-state index contributed by atoms with van der Waals surface area (Å²) in [5.41, 5.74) is 7.39. The molecular formula is C20H20N4O2. The Hall–Kier alpha value is -3.38. The van der Waals surface area contributed by atoms with Crippen molar-refractivity contribution in [2.45, 2.75) is 6.04 Å². The van der Waals surface area contributed by atoms with Gasteiger partial charge in [-0.2, -0.15) is 0 Å². The summed E-state index contributed by atoms with van der Waals surface area (Å²) >= 11 is 0. The van der Waals surface area contributed by atoms with Crippen LogP contribution >= 0.6 is 0 Å². The maximum absolute atomic E-state index is 12.7. The molecule has 2 amide bonds. The topological polar surface area (TPSA) is 75.2 Å². The Bertz CT molecular complexity index is 875. The number of anilines is 1. The zero-order valence-corrected chi connectivity index (χ0v) is 14.3. The van der Waals surface area contributed by atoms with Crippen LogP contribution in [0.5, 0.6) is 0 Å². The molecule has 0 aliphatic carbocycles. The molecule has 1 atom stereocenters. The first-order chi connectivity index (χ1) is 12.6. The van der Waals surface area contributed by atoms with E-state index in [1.165, 1.54) is 0 Å². The molecule has 26 heavy (non-hydrogen) atoms. The molecule has 0 radical (unpaired) electrons. The lowest BCUT2D eigenvalue weighted by atomic mass is 10.1. The van der Waals surface area contributed by atoms with Gasteiger partial charge in [-0.1, -0.05) is 48.5 Å². The highest BCUT2D eigenvalue weighted by molar-refractivity contribution is 5.96. The SMILES string of the molecule is Cn1cccc1C(=O)NN[C@@H](C(=O)Nc1ccccc1)c1ccccc1. The Balaban J connectivity index is 1.74. The van der Waals surface area contributed by atoms with E-state index in [2.05, 4.69) is 16.2 Å². The third-order valence-corrected chi connectivity index (χ3v) is 3.94. The van der Waals surface area contributed by atoms with E-state index in [0.717, 1.165) is 5.56 Å². The summed E-state index contributed by atoms with van der Waals surface area (Å²) < 4.78 is 1.71. The summed E-state index contributed by atoms with van der Waals surface area (Å²) in [7, 11) is 1.78. The van der Waals surface area contributed by atoms with Crippen LogP contribution in [-0.2, 0) is 11.8 Å². The standard InChI is InChI=1S/C20H20N4O2/c1-24-14-8-13-17(24)19(25)23-22-18(15-9-4-2-5-10-15)20(26)21-16-11-6-3-7-12-16/h2-14,18,22H,1H3,(H,21,26)(H,23,25)/t18-/m1/s1. The summed E-state index contributed by atoms with van der Waals surface area (Å²) in [4.78, 5) is 25.1. The van der Waals surface area contributed by atoms with Crippen molar-refractivity contribution in [1.82, 2.24) is 15.4 Å². The van der Waals surface area contributed by atoms with E-state index >= 15 is 0 Å². The van der Waals surface area contributed by atoms with Crippen LogP contribution < -0.4 is 16.2 Å². The van der Waals surface area contributed by atoms with Crippen molar-refractivity contribution in [3.8, 4) is 0 Å². The Labute approximate surface area is 151 Å². The highest BCUT2D eigenvalue weighted by atomic mass is 16.2. The van der Waals surface area contributed by atoms with Gasteiger partial charge in [0.2, 0.25) is 5.91 Å². The number of nitrogens with zero attached hydrogens (tertiary/aromatic N) is 1. The van der Waals surface area contributed by atoms with Crippen LogP contribution in [0, 0.1) is 0 Å². The van der Waals surface area contributed by atoms with E-state index in [9.17, 15) is 9.59 Å². The van der Waals surface area contributed by atoms with E-state index in [1.54, 1.807) is 29.9 Å². The summed E-state index contributed by atoms with van der Waals surface area (Å²) in [5.74, 6) is -0.583. The van der Waals surface area contributed by atoms with E-state index < -0.39 is 6.04 Å². The fraction of sp³-hybridized carbons (Fsp3) is 0.100. The number of aromatic nitrogens is 1.